The van der Waals surface area contributed by atoms with E-state index in [1.807, 2.05) is 0 Å². The standard InChI is InChI=1S/C3H6O3.Ca.H3N/c1-2(4)3(5)6;;/h2,4H,1H3,(H,5,6);;1H3/q;+2;/p-1. The van der Waals surface area contributed by atoms with Gasteiger partial charge in [-0.1, -0.05) is 0 Å². The molecule has 0 bridgehead atoms. The van der Waals surface area contributed by atoms with Crippen LogP contribution in [0.25, 0.3) is 0 Å². The predicted octanol–water partition coefficient (Wildman–Crippen LogP) is -2.10. The second kappa shape index (κ2) is 7.65. The molecule has 8 heavy (non-hydrogen) atoms. The number of carbonyl (C=O) groups excluding carboxylic acids is 1. The second-order valence-corrected chi connectivity index (χ2v) is 0.995. The van der Waals surface area contributed by atoms with Gasteiger partial charge in [-0.15, -0.1) is 0 Å². The number of carbonyl (C=O) groups is 1. The molecular weight excluding hydrogens is 138 g/mol. The fourth-order valence-corrected chi connectivity index (χ4v) is 0. The summed E-state index contributed by atoms with van der Waals surface area (Å²) in [5.74, 6) is -1.44. The van der Waals surface area contributed by atoms with Crippen LogP contribution in [0.15, 0.2) is 0 Å². The SMILES string of the molecule is CC(O)C(=O)[O-].N.[Ca+2]. The summed E-state index contributed by atoms with van der Waals surface area (Å²) in [5, 5.41) is 17.3. The van der Waals surface area contributed by atoms with Gasteiger partial charge >= 0.3 is 37.7 Å². The molecule has 0 saturated heterocycles. The van der Waals surface area contributed by atoms with E-state index in [1.54, 1.807) is 0 Å². The molecular formula is C3H8CaNO3+. The molecule has 0 aliphatic carbocycles. The molecule has 1 atom stereocenters. The Morgan fingerprint density at radius 1 is 1.75 bits per heavy atom. The van der Waals surface area contributed by atoms with Crippen molar-refractivity contribution in [2.45, 2.75) is 13.0 Å². The third-order valence-corrected chi connectivity index (χ3v) is 0.341. The first-order valence-corrected chi connectivity index (χ1v) is 1.53. The van der Waals surface area contributed by atoms with Gasteiger partial charge in [0.15, 0.2) is 0 Å². The van der Waals surface area contributed by atoms with E-state index in [1.165, 1.54) is 0 Å². The Morgan fingerprint density at radius 2 is 1.88 bits per heavy atom. The van der Waals surface area contributed by atoms with E-state index in [4.69, 9.17) is 5.11 Å². The van der Waals surface area contributed by atoms with Gasteiger partial charge in [-0.3, -0.25) is 0 Å². The molecule has 4 nitrogen and oxygen atoms in total. The van der Waals surface area contributed by atoms with Crippen LogP contribution in [0.5, 0.6) is 0 Å². The number of aliphatic carboxylic acids is 1. The summed E-state index contributed by atoms with van der Waals surface area (Å²) in [6.07, 6.45) is -1.34. The van der Waals surface area contributed by atoms with Gasteiger partial charge in [-0.05, 0) is 6.92 Å². The van der Waals surface area contributed by atoms with Gasteiger partial charge in [0, 0.05) is 0 Å². The Labute approximate surface area is 77.5 Å². The van der Waals surface area contributed by atoms with Crippen molar-refractivity contribution in [1.82, 2.24) is 6.15 Å². The number of aliphatic hydroxyl groups excluding tert-OH is 1. The molecule has 0 heterocycles. The zero-order chi connectivity index (χ0) is 5.15. The van der Waals surface area contributed by atoms with E-state index in [0.717, 1.165) is 6.92 Å². The molecule has 0 fully saturated rings. The number of carboxylic acid groups (broad SMARTS) is 1. The van der Waals surface area contributed by atoms with Crippen LogP contribution in [-0.4, -0.2) is 54.9 Å². The Bertz CT molecular complexity index is 65.5. The molecule has 0 aromatic heterocycles. The molecule has 5 heteroatoms. The average Bonchev–Trinajstić information content (AvgIpc) is 1.36. The summed E-state index contributed by atoms with van der Waals surface area (Å²) in [4.78, 5) is 9.34. The van der Waals surface area contributed by atoms with E-state index < -0.39 is 12.1 Å². The van der Waals surface area contributed by atoms with Crippen LogP contribution >= 0.6 is 0 Å². The van der Waals surface area contributed by atoms with Crippen molar-refractivity contribution in [1.29, 1.82) is 0 Å². The first-order chi connectivity index (χ1) is 2.64. The van der Waals surface area contributed by atoms with Gasteiger partial charge in [0.25, 0.3) is 0 Å². The third-order valence-electron chi connectivity index (χ3n) is 0.341. The van der Waals surface area contributed by atoms with Crippen LogP contribution in [0.4, 0.5) is 0 Å². The van der Waals surface area contributed by atoms with Crippen LogP contribution in [0, 0.1) is 0 Å². The smallest absolute Gasteiger partial charge is 0.547 e. The topological polar surface area (TPSA) is 95.4 Å². The van der Waals surface area contributed by atoms with Crippen molar-refractivity contribution in [3.63, 3.8) is 0 Å². The number of carboxylic acids is 1. The zero-order valence-electron chi connectivity index (χ0n) is 4.76. The zero-order valence-corrected chi connectivity index (χ0v) is 6.96. The summed E-state index contributed by atoms with van der Waals surface area (Å²) in [6.45, 7) is 1.13. The fraction of sp³-hybridized carbons (Fsp3) is 0.667. The summed E-state index contributed by atoms with van der Waals surface area (Å²) in [5.41, 5.74) is 0. The van der Waals surface area contributed by atoms with E-state index in [-0.39, 0.29) is 43.9 Å². The van der Waals surface area contributed by atoms with Crippen LogP contribution in [0.3, 0.4) is 0 Å². The molecule has 0 aromatic rings. The number of rotatable bonds is 1. The Morgan fingerprint density at radius 3 is 1.88 bits per heavy atom. The first-order valence-electron chi connectivity index (χ1n) is 1.53. The van der Waals surface area contributed by atoms with Gasteiger partial charge in [-0.2, -0.15) is 0 Å². The Balaban J connectivity index is -0.000000125. The summed E-state index contributed by atoms with van der Waals surface area (Å²) in [7, 11) is 0. The summed E-state index contributed by atoms with van der Waals surface area (Å²) < 4.78 is 0. The molecule has 0 radical (unpaired) electrons. The van der Waals surface area contributed by atoms with Crippen molar-refractivity contribution < 1.29 is 15.0 Å². The van der Waals surface area contributed by atoms with Gasteiger partial charge in [0.1, 0.15) is 0 Å². The molecule has 4 N–H and O–H groups in total. The minimum Gasteiger partial charge on any atom is -0.547 e. The molecule has 44 valence electrons. The number of aliphatic hydroxyl groups is 1. The number of hydrogen-bond donors (Lipinski definition) is 2. The largest absolute Gasteiger partial charge is 2.00 e. The maximum atomic E-state index is 9.34. The molecule has 0 saturated carbocycles. The summed E-state index contributed by atoms with van der Waals surface area (Å²) >= 11 is 0. The van der Waals surface area contributed by atoms with Crippen molar-refractivity contribution in [3.8, 4) is 0 Å². The van der Waals surface area contributed by atoms with Gasteiger partial charge in [0.2, 0.25) is 0 Å². The molecule has 0 aliphatic heterocycles. The summed E-state index contributed by atoms with van der Waals surface area (Å²) in [6, 6.07) is 0. The Hall–Kier alpha value is 0.650. The minimum atomic E-state index is -1.44. The van der Waals surface area contributed by atoms with Crippen molar-refractivity contribution in [3.05, 3.63) is 0 Å². The van der Waals surface area contributed by atoms with E-state index >= 15 is 0 Å². The Kier molecular flexibility index (Phi) is 15.2. The van der Waals surface area contributed by atoms with E-state index in [2.05, 4.69) is 0 Å². The van der Waals surface area contributed by atoms with Gasteiger partial charge in [-0.25, -0.2) is 0 Å². The van der Waals surface area contributed by atoms with E-state index in [9.17, 15) is 9.90 Å². The normalized spacial score (nSPS) is 10.2. The van der Waals surface area contributed by atoms with Crippen molar-refractivity contribution in [2.75, 3.05) is 0 Å². The second-order valence-electron chi connectivity index (χ2n) is 0.995. The number of hydrogen-bond acceptors (Lipinski definition) is 4. The van der Waals surface area contributed by atoms with E-state index in [0.29, 0.717) is 0 Å². The molecule has 1 unspecified atom stereocenters. The monoisotopic (exact) mass is 146 g/mol. The fourth-order valence-electron chi connectivity index (χ4n) is 0. The van der Waals surface area contributed by atoms with Crippen LogP contribution in [0.1, 0.15) is 6.92 Å². The molecule has 0 aromatic carbocycles. The van der Waals surface area contributed by atoms with Crippen LogP contribution in [-0.2, 0) is 4.79 Å². The van der Waals surface area contributed by atoms with Gasteiger partial charge < -0.3 is 21.2 Å². The third kappa shape index (κ3) is 9.82. The minimum absolute atomic E-state index is 0. The molecule has 0 rings (SSSR count). The van der Waals surface area contributed by atoms with Crippen molar-refractivity contribution in [2.24, 2.45) is 0 Å². The maximum absolute atomic E-state index is 9.34. The molecule has 0 spiro atoms. The molecule has 0 amide bonds. The van der Waals surface area contributed by atoms with Crippen LogP contribution in [0.2, 0.25) is 0 Å². The molecule has 0 aliphatic rings. The van der Waals surface area contributed by atoms with Crippen molar-refractivity contribution >= 4 is 43.7 Å². The van der Waals surface area contributed by atoms with Crippen LogP contribution < -0.4 is 11.3 Å². The predicted molar refractivity (Wildman–Crippen MR) is 27.5 cm³/mol. The maximum Gasteiger partial charge on any atom is 2.00 e. The quantitative estimate of drug-likeness (QED) is 0.414. The van der Waals surface area contributed by atoms with Gasteiger partial charge in [0.05, 0.1) is 12.1 Å². The first kappa shape index (κ1) is 15.9. The average molecular weight is 146 g/mol.